The molecule has 2 aromatic rings. The number of hydrogen-bond acceptors (Lipinski definition) is 2. The van der Waals surface area contributed by atoms with Gasteiger partial charge in [0.25, 0.3) is 0 Å². The Labute approximate surface area is 159 Å². The first-order valence-corrected chi connectivity index (χ1v) is 12.0. The molecule has 0 bridgehead atoms. The van der Waals surface area contributed by atoms with Crippen molar-refractivity contribution in [1.29, 1.82) is 0 Å². The summed E-state index contributed by atoms with van der Waals surface area (Å²) in [6.45, 7) is 11.3. The molecule has 0 saturated carbocycles. The van der Waals surface area contributed by atoms with Crippen molar-refractivity contribution < 1.29 is 9.16 Å². The summed E-state index contributed by atoms with van der Waals surface area (Å²) in [5, 5.41) is 0. The van der Waals surface area contributed by atoms with Crippen molar-refractivity contribution in [1.82, 2.24) is 0 Å². The maximum Gasteiger partial charge on any atom is 0.250 e. The largest absolute Gasteiger partial charge is 0.544 e. The van der Waals surface area contributed by atoms with Crippen LogP contribution in [0, 0.1) is 0 Å². The molecule has 0 radical (unpaired) electrons. The van der Waals surface area contributed by atoms with Crippen LogP contribution in [0.3, 0.4) is 0 Å². The maximum absolute atomic E-state index is 6.25. The molecule has 2 nitrogen and oxygen atoms in total. The van der Waals surface area contributed by atoms with Gasteiger partial charge in [0.2, 0.25) is 8.32 Å². The van der Waals surface area contributed by atoms with Crippen LogP contribution in [0.15, 0.2) is 73.0 Å². The van der Waals surface area contributed by atoms with Gasteiger partial charge < -0.3 is 9.16 Å². The third-order valence-electron chi connectivity index (χ3n) is 4.87. The Hall–Kier alpha value is -2.26. The summed E-state index contributed by atoms with van der Waals surface area (Å²) in [5.41, 5.74) is 2.28. The van der Waals surface area contributed by atoms with E-state index in [0.717, 1.165) is 35.2 Å². The quantitative estimate of drug-likeness (QED) is 0.261. The average Bonchev–Trinajstić information content (AvgIpc) is 2.70. The van der Waals surface area contributed by atoms with Gasteiger partial charge in [-0.3, -0.25) is 0 Å². The van der Waals surface area contributed by atoms with Crippen molar-refractivity contribution in [3.05, 3.63) is 84.1 Å². The molecule has 0 atom stereocenters. The number of allylic oxidation sites excluding steroid dienone is 1. The van der Waals surface area contributed by atoms with E-state index in [4.69, 9.17) is 9.16 Å². The normalized spacial score (nSPS) is 11.5. The van der Waals surface area contributed by atoms with Crippen LogP contribution in [-0.2, 0) is 11.0 Å². The van der Waals surface area contributed by atoms with Gasteiger partial charge in [-0.15, -0.1) is 0 Å². The molecule has 2 aromatic carbocycles. The minimum absolute atomic E-state index is 0.582. The van der Waals surface area contributed by atoms with Crippen LogP contribution < -0.4 is 4.74 Å². The van der Waals surface area contributed by atoms with E-state index in [1.54, 1.807) is 0 Å². The van der Waals surface area contributed by atoms with E-state index in [9.17, 15) is 0 Å². The zero-order valence-electron chi connectivity index (χ0n) is 16.2. The fourth-order valence-corrected chi connectivity index (χ4v) is 5.44. The maximum atomic E-state index is 6.25. The van der Waals surface area contributed by atoms with Gasteiger partial charge in [-0.1, -0.05) is 75.9 Å². The second-order valence-corrected chi connectivity index (χ2v) is 11.2. The number of benzene rings is 2. The lowest BCUT2D eigenvalue weighted by atomic mass is 10.2. The molecule has 0 fully saturated rings. The Morgan fingerprint density at radius 1 is 0.923 bits per heavy atom. The molecule has 0 saturated heterocycles. The van der Waals surface area contributed by atoms with Gasteiger partial charge in [0.1, 0.15) is 12.4 Å². The highest BCUT2D eigenvalue weighted by atomic mass is 28.4. The van der Waals surface area contributed by atoms with Crippen LogP contribution in [0.25, 0.3) is 6.08 Å². The smallest absolute Gasteiger partial charge is 0.250 e. The Morgan fingerprint density at radius 2 is 1.54 bits per heavy atom. The van der Waals surface area contributed by atoms with Crippen molar-refractivity contribution in [2.24, 2.45) is 0 Å². The van der Waals surface area contributed by atoms with E-state index in [0.29, 0.717) is 6.61 Å². The minimum atomic E-state index is -1.64. The molecule has 138 valence electrons. The molecule has 0 aliphatic rings. The van der Waals surface area contributed by atoms with Gasteiger partial charge in [0.05, 0.1) is 5.76 Å². The van der Waals surface area contributed by atoms with Crippen LogP contribution in [0.4, 0.5) is 0 Å². The third kappa shape index (κ3) is 5.92. The van der Waals surface area contributed by atoms with Gasteiger partial charge in [0, 0.05) is 0 Å². The van der Waals surface area contributed by atoms with Gasteiger partial charge in [0.15, 0.2) is 0 Å². The highest BCUT2D eigenvalue weighted by molar-refractivity contribution is 6.73. The topological polar surface area (TPSA) is 18.5 Å². The second-order valence-electron chi connectivity index (χ2n) is 6.49. The van der Waals surface area contributed by atoms with E-state index < -0.39 is 8.32 Å². The van der Waals surface area contributed by atoms with Crippen molar-refractivity contribution >= 4 is 14.4 Å². The molecule has 0 aliphatic carbocycles. The molecule has 0 heterocycles. The Bertz CT molecular complexity index is 692. The Kier molecular flexibility index (Phi) is 7.73. The van der Waals surface area contributed by atoms with E-state index in [1.807, 2.05) is 54.6 Å². The van der Waals surface area contributed by atoms with E-state index in [2.05, 4.69) is 39.5 Å². The zero-order chi connectivity index (χ0) is 18.8. The second kappa shape index (κ2) is 10.0. The van der Waals surface area contributed by atoms with Gasteiger partial charge in [-0.2, -0.15) is 0 Å². The summed E-state index contributed by atoms with van der Waals surface area (Å²) in [6, 6.07) is 21.7. The van der Waals surface area contributed by atoms with Crippen LogP contribution in [-0.4, -0.2) is 8.32 Å². The Morgan fingerprint density at radius 3 is 2.12 bits per heavy atom. The third-order valence-corrected chi connectivity index (χ3v) is 9.43. The molecule has 0 spiro atoms. The van der Waals surface area contributed by atoms with Crippen LogP contribution in [0.2, 0.25) is 18.1 Å². The molecule has 3 heteroatoms. The first kappa shape index (κ1) is 20.1. The summed E-state index contributed by atoms with van der Waals surface area (Å²) < 4.78 is 12.1. The SMILES string of the molecule is C=C(/C=C/c1ccc(OCc2ccccc2)cc1)O[Si](CC)(CC)CC. The molecular weight excluding hydrogens is 336 g/mol. The molecular formula is C23H30O2Si. The molecule has 0 aliphatic heterocycles. The standard InChI is InChI=1S/C23H30O2Si/c1-5-26(6-2,7-3)25-20(4)13-14-21-15-17-23(18-16-21)24-19-22-11-9-8-10-12-22/h8-18H,4-7,19H2,1-3H3/b14-13+. The first-order chi connectivity index (χ1) is 12.6. The van der Waals surface area contributed by atoms with Crippen LogP contribution in [0.1, 0.15) is 31.9 Å². The van der Waals surface area contributed by atoms with Crippen molar-refractivity contribution in [3.63, 3.8) is 0 Å². The van der Waals surface area contributed by atoms with E-state index in [1.165, 1.54) is 5.56 Å². The number of ether oxygens (including phenoxy) is 1. The molecule has 0 aromatic heterocycles. The lowest BCUT2D eigenvalue weighted by molar-refractivity contribution is 0.306. The molecule has 0 unspecified atom stereocenters. The summed E-state index contributed by atoms with van der Waals surface area (Å²) in [4.78, 5) is 0. The highest BCUT2D eigenvalue weighted by Crippen LogP contribution is 2.25. The van der Waals surface area contributed by atoms with Crippen molar-refractivity contribution in [2.75, 3.05) is 0 Å². The molecule has 26 heavy (non-hydrogen) atoms. The first-order valence-electron chi connectivity index (χ1n) is 9.43. The van der Waals surface area contributed by atoms with Crippen molar-refractivity contribution in [3.8, 4) is 5.75 Å². The predicted octanol–water partition coefficient (Wildman–Crippen LogP) is 6.81. The van der Waals surface area contributed by atoms with Crippen molar-refractivity contribution in [2.45, 2.75) is 45.5 Å². The van der Waals surface area contributed by atoms with E-state index in [-0.39, 0.29) is 0 Å². The lowest BCUT2D eigenvalue weighted by Gasteiger charge is -2.29. The number of rotatable bonds is 10. The molecule has 2 rings (SSSR count). The monoisotopic (exact) mass is 366 g/mol. The van der Waals surface area contributed by atoms with Gasteiger partial charge in [-0.25, -0.2) is 0 Å². The fourth-order valence-electron chi connectivity index (χ4n) is 2.88. The predicted molar refractivity (Wildman–Crippen MR) is 114 cm³/mol. The lowest BCUT2D eigenvalue weighted by Crippen LogP contribution is -2.34. The zero-order valence-corrected chi connectivity index (χ0v) is 17.2. The van der Waals surface area contributed by atoms with Gasteiger partial charge >= 0.3 is 0 Å². The Balaban J connectivity index is 1.89. The number of hydrogen-bond donors (Lipinski definition) is 0. The average molecular weight is 367 g/mol. The van der Waals surface area contributed by atoms with Crippen LogP contribution in [0.5, 0.6) is 5.75 Å². The summed E-state index contributed by atoms with van der Waals surface area (Å²) in [7, 11) is -1.64. The van der Waals surface area contributed by atoms with E-state index >= 15 is 0 Å². The summed E-state index contributed by atoms with van der Waals surface area (Å²) in [6.07, 6.45) is 4.02. The summed E-state index contributed by atoms with van der Waals surface area (Å²) >= 11 is 0. The van der Waals surface area contributed by atoms with Gasteiger partial charge in [-0.05, 0) is 47.5 Å². The summed E-state index contributed by atoms with van der Waals surface area (Å²) in [5.74, 6) is 1.64. The minimum Gasteiger partial charge on any atom is -0.544 e. The molecule has 0 amide bonds. The highest BCUT2D eigenvalue weighted by Gasteiger charge is 2.30. The molecule has 0 N–H and O–H groups in total. The fraction of sp³-hybridized carbons (Fsp3) is 0.304. The van der Waals surface area contributed by atoms with Crippen LogP contribution >= 0.6 is 0 Å².